The fourth-order valence-electron chi connectivity index (χ4n) is 8.35. The first-order valence-corrected chi connectivity index (χ1v) is 25.1. The van der Waals surface area contributed by atoms with Gasteiger partial charge in [-0.15, -0.1) is 22.7 Å². The number of hydrogen-bond acceptors (Lipinski definition) is 11. The number of thiophene rings is 1. The molecule has 12 nitrogen and oxygen atoms in total. The predicted molar refractivity (Wildman–Crippen MR) is 274 cm³/mol. The Kier molecular flexibility index (Phi) is 15.8. The number of ether oxygens (including phenoxy) is 3. The second-order valence-electron chi connectivity index (χ2n) is 18.6. The average Bonchev–Trinajstić information content (AvgIpc) is 4.11. The summed E-state index contributed by atoms with van der Waals surface area (Å²) >= 11 is 3.06. The molecule has 3 N–H and O–H groups in total. The summed E-state index contributed by atoms with van der Waals surface area (Å²) in [5.41, 5.74) is 6.09. The van der Waals surface area contributed by atoms with E-state index in [2.05, 4.69) is 20.5 Å². The number of aromatic hydroxyl groups is 1. The topological polar surface area (TPSA) is 143 Å². The van der Waals surface area contributed by atoms with Gasteiger partial charge in [0.2, 0.25) is 11.8 Å². The zero-order valence-corrected chi connectivity index (χ0v) is 41.6. The van der Waals surface area contributed by atoms with Crippen LogP contribution in [0.4, 0.5) is 4.39 Å². The van der Waals surface area contributed by atoms with E-state index >= 15 is 0 Å². The predicted octanol–water partition coefficient (Wildman–Crippen LogP) is 10.4. The quantitative estimate of drug-likeness (QED) is 0.0722. The zero-order chi connectivity index (χ0) is 49.4. The summed E-state index contributed by atoms with van der Waals surface area (Å²) in [5.74, 6) is 1.42. The summed E-state index contributed by atoms with van der Waals surface area (Å²) in [7, 11) is 2.03. The van der Waals surface area contributed by atoms with Crippen LogP contribution in [0.3, 0.4) is 0 Å². The number of hydrogen-bond donors (Lipinski definition) is 3. The molecule has 1 fully saturated rings. The second kappa shape index (κ2) is 22.3. The number of thiazole rings is 1. The van der Waals surface area contributed by atoms with Crippen LogP contribution in [0.1, 0.15) is 50.4 Å². The molecule has 8 rings (SSSR count). The fraction of sp³-hybridized carbons (Fsp3) is 0.309. The summed E-state index contributed by atoms with van der Waals surface area (Å²) in [6.45, 7) is 10.1. The number of rotatable bonds is 19. The SMILES string of the molecule is Cc1ncsc1-c1ccc(CNC(=O)[C@@H]2CCCN2C(=O)C(NC(=O)COc2cccc(CCN(C)CCOc3ccc(Oc4c(-c5ccc(F)cc5)sc5cc(O)ccc45)cc3)c2)C(C)(C)C)cc1. The lowest BCUT2D eigenvalue weighted by Crippen LogP contribution is -2.58. The van der Waals surface area contributed by atoms with Gasteiger partial charge in [0, 0.05) is 36.3 Å². The molecule has 2 aromatic heterocycles. The normalized spacial score (nSPS) is 14.2. The second-order valence-corrected chi connectivity index (χ2v) is 20.5. The number of likely N-dealkylation sites (tertiary alicyclic amines) is 1. The van der Waals surface area contributed by atoms with E-state index in [0.717, 1.165) is 60.8 Å². The zero-order valence-electron chi connectivity index (χ0n) is 40.0. The van der Waals surface area contributed by atoms with Crippen LogP contribution in [0.25, 0.3) is 31.0 Å². The van der Waals surface area contributed by atoms with E-state index in [4.69, 9.17) is 14.2 Å². The number of benzene rings is 5. The number of aryl methyl sites for hydroxylation is 1. The molecule has 1 aliphatic heterocycles. The molecule has 70 heavy (non-hydrogen) atoms. The third kappa shape index (κ3) is 12.5. The summed E-state index contributed by atoms with van der Waals surface area (Å²) in [5, 5.41) is 16.9. The number of fused-ring (bicyclic) bond motifs is 1. The van der Waals surface area contributed by atoms with Crippen molar-refractivity contribution < 1.29 is 38.1 Å². The maximum atomic E-state index is 14.1. The lowest BCUT2D eigenvalue weighted by atomic mass is 9.85. The van der Waals surface area contributed by atoms with Gasteiger partial charge in [-0.3, -0.25) is 14.4 Å². The van der Waals surface area contributed by atoms with Crippen molar-refractivity contribution in [2.75, 3.05) is 39.9 Å². The van der Waals surface area contributed by atoms with E-state index in [1.54, 1.807) is 46.6 Å². The maximum Gasteiger partial charge on any atom is 0.258 e. The first-order valence-electron chi connectivity index (χ1n) is 23.4. The minimum atomic E-state index is -0.863. The molecule has 0 spiro atoms. The average molecular weight is 984 g/mol. The molecule has 7 aromatic rings. The van der Waals surface area contributed by atoms with E-state index in [1.807, 2.05) is 113 Å². The van der Waals surface area contributed by atoms with Crippen LogP contribution in [0, 0.1) is 18.2 Å². The number of halogens is 1. The van der Waals surface area contributed by atoms with E-state index < -0.39 is 23.4 Å². The van der Waals surface area contributed by atoms with Crippen LogP contribution in [0.2, 0.25) is 0 Å². The van der Waals surface area contributed by atoms with Crippen LogP contribution >= 0.6 is 22.7 Å². The Labute approximate surface area is 416 Å². The number of carbonyl (C=O) groups excluding carboxylic acids is 3. The smallest absolute Gasteiger partial charge is 0.258 e. The van der Waals surface area contributed by atoms with Crippen LogP contribution < -0.4 is 24.8 Å². The number of aromatic nitrogens is 1. The molecule has 15 heteroatoms. The first kappa shape index (κ1) is 49.6. The molecule has 0 saturated carbocycles. The van der Waals surface area contributed by atoms with Gasteiger partial charge in [-0.1, -0.05) is 69.3 Å². The van der Waals surface area contributed by atoms with E-state index in [1.165, 1.54) is 23.5 Å². The molecule has 1 saturated heterocycles. The van der Waals surface area contributed by atoms with Gasteiger partial charge in [-0.05, 0) is 128 Å². The van der Waals surface area contributed by atoms with Crippen molar-refractivity contribution in [2.45, 2.75) is 65.6 Å². The molecule has 0 bridgehead atoms. The maximum absolute atomic E-state index is 14.1. The lowest BCUT2D eigenvalue weighted by molar-refractivity contribution is -0.144. The summed E-state index contributed by atoms with van der Waals surface area (Å²) in [6, 6.07) is 33.0. The summed E-state index contributed by atoms with van der Waals surface area (Å²) in [4.78, 5) is 51.0. The first-order chi connectivity index (χ1) is 33.7. The molecule has 364 valence electrons. The van der Waals surface area contributed by atoms with Crippen LogP contribution in [-0.2, 0) is 27.3 Å². The monoisotopic (exact) mass is 983 g/mol. The van der Waals surface area contributed by atoms with Crippen molar-refractivity contribution in [2.24, 2.45) is 5.41 Å². The highest BCUT2D eigenvalue weighted by Gasteiger charge is 2.42. The molecule has 0 radical (unpaired) electrons. The Morgan fingerprint density at radius 1 is 0.871 bits per heavy atom. The van der Waals surface area contributed by atoms with Crippen LogP contribution in [0.5, 0.6) is 28.7 Å². The number of carbonyl (C=O) groups is 3. The Morgan fingerprint density at radius 2 is 1.60 bits per heavy atom. The Hall–Kier alpha value is -6.81. The van der Waals surface area contributed by atoms with E-state index in [-0.39, 0.29) is 30.0 Å². The largest absolute Gasteiger partial charge is 0.508 e. The lowest BCUT2D eigenvalue weighted by Gasteiger charge is -2.35. The Balaban J connectivity index is 0.772. The highest BCUT2D eigenvalue weighted by atomic mass is 32.1. The molecular weight excluding hydrogens is 926 g/mol. The number of likely N-dealkylation sites (N-methyl/N-ethyl adjacent to an activating group) is 1. The highest BCUT2D eigenvalue weighted by Crippen LogP contribution is 2.47. The van der Waals surface area contributed by atoms with Gasteiger partial charge in [-0.25, -0.2) is 9.37 Å². The minimum absolute atomic E-state index is 0.160. The summed E-state index contributed by atoms with van der Waals surface area (Å²) < 4.78 is 33.0. The van der Waals surface area contributed by atoms with Crippen molar-refractivity contribution >= 4 is 50.5 Å². The molecule has 1 unspecified atom stereocenters. The van der Waals surface area contributed by atoms with Crippen molar-refractivity contribution in [1.29, 1.82) is 0 Å². The molecule has 3 heterocycles. The van der Waals surface area contributed by atoms with Crippen LogP contribution in [-0.4, -0.2) is 89.6 Å². The number of phenolic OH excluding ortho intramolecular Hbond substituents is 1. The minimum Gasteiger partial charge on any atom is -0.508 e. The van der Waals surface area contributed by atoms with E-state index in [0.29, 0.717) is 62.1 Å². The fourth-order valence-corrected chi connectivity index (χ4v) is 10.3. The standard InChI is InChI=1S/C55H58FN5O7S2/c1-35-50(69-34-58-35)38-13-11-37(12-14-38)32-57-53(64)46-10-7-26-61(46)54(65)52(55(2,3)4)59-48(63)33-67-44-9-6-8-36(30-44)25-27-60(5)28-29-66-42-20-22-43(23-21-42)68-49-45-24-19-41(62)31-47(45)70-51(49)39-15-17-40(56)18-16-39/h6,8-9,11-24,30-31,34,46,52,62H,7,10,25-29,32-33H2,1-5H3,(H,57,64)(H,59,63)/t46-,52?/m0/s1. The molecule has 2 atom stereocenters. The number of phenols is 1. The third-order valence-corrected chi connectivity index (χ3v) is 14.4. The highest BCUT2D eigenvalue weighted by molar-refractivity contribution is 7.22. The van der Waals surface area contributed by atoms with Gasteiger partial charge >= 0.3 is 0 Å². The van der Waals surface area contributed by atoms with Gasteiger partial charge in [0.05, 0.1) is 21.0 Å². The third-order valence-electron chi connectivity index (χ3n) is 12.3. The van der Waals surface area contributed by atoms with Crippen molar-refractivity contribution in [3.05, 3.63) is 143 Å². The Morgan fingerprint density at radius 3 is 2.33 bits per heavy atom. The molecule has 3 amide bonds. The van der Waals surface area contributed by atoms with E-state index in [9.17, 15) is 23.9 Å². The van der Waals surface area contributed by atoms with Crippen molar-refractivity contribution in [1.82, 2.24) is 25.4 Å². The molecule has 5 aromatic carbocycles. The van der Waals surface area contributed by atoms with Gasteiger partial charge < -0.3 is 39.8 Å². The molecule has 0 aliphatic carbocycles. The van der Waals surface area contributed by atoms with Gasteiger partial charge in [0.25, 0.3) is 5.91 Å². The molecular formula is C55H58FN5O7S2. The Bertz CT molecular complexity index is 2920. The molecule has 1 aliphatic rings. The summed E-state index contributed by atoms with van der Waals surface area (Å²) in [6.07, 6.45) is 1.99. The number of nitrogens with one attached hydrogen (secondary N) is 2. The van der Waals surface area contributed by atoms with Crippen molar-refractivity contribution in [3.8, 4) is 49.6 Å². The van der Waals surface area contributed by atoms with Crippen LogP contribution in [0.15, 0.2) is 121 Å². The van der Waals surface area contributed by atoms with Crippen molar-refractivity contribution in [3.63, 3.8) is 0 Å². The van der Waals surface area contributed by atoms with Gasteiger partial charge in [-0.2, -0.15) is 0 Å². The number of nitrogens with zero attached hydrogens (tertiary/aromatic N) is 3. The van der Waals surface area contributed by atoms with Gasteiger partial charge in [0.1, 0.15) is 47.5 Å². The van der Waals surface area contributed by atoms with Gasteiger partial charge in [0.15, 0.2) is 12.4 Å². The number of amides is 3.